The molecule has 1 aromatic heterocycles. The molecule has 0 aliphatic heterocycles. The van der Waals surface area contributed by atoms with Crippen molar-refractivity contribution in [3.05, 3.63) is 57.5 Å². The first kappa shape index (κ1) is 17.8. The highest BCUT2D eigenvalue weighted by molar-refractivity contribution is 6.35. The van der Waals surface area contributed by atoms with Gasteiger partial charge in [0, 0.05) is 34.3 Å². The molecule has 0 saturated heterocycles. The number of allylic oxidation sites excluding steroid dienone is 1. The molecular weight excluding hydrogens is 329 g/mol. The summed E-state index contributed by atoms with van der Waals surface area (Å²) in [5.41, 5.74) is 3.95. The first-order valence-electron chi connectivity index (χ1n) is 7.69. The van der Waals surface area contributed by atoms with E-state index in [0.717, 1.165) is 41.2 Å². The summed E-state index contributed by atoms with van der Waals surface area (Å²) < 4.78 is 0. The van der Waals surface area contributed by atoms with Crippen LogP contribution in [0.3, 0.4) is 0 Å². The summed E-state index contributed by atoms with van der Waals surface area (Å²) in [4.78, 5) is 9.28. The molecule has 0 radical (unpaired) electrons. The minimum absolute atomic E-state index is 0.634. The molecule has 0 atom stereocenters. The number of benzene rings is 1. The van der Waals surface area contributed by atoms with Crippen molar-refractivity contribution in [3.63, 3.8) is 0 Å². The SMILES string of the molecule is C=C(C)c1nc(CC)c(Cc2ccc(Cl)cc2Cl)c(NCC)n1. The number of aryl methyl sites for hydroxylation is 1. The summed E-state index contributed by atoms with van der Waals surface area (Å²) in [7, 11) is 0. The molecular formula is C18H21Cl2N3. The maximum absolute atomic E-state index is 6.33. The van der Waals surface area contributed by atoms with E-state index in [4.69, 9.17) is 23.2 Å². The Hall–Kier alpha value is -1.58. The van der Waals surface area contributed by atoms with Crippen molar-refractivity contribution in [2.75, 3.05) is 11.9 Å². The normalized spacial score (nSPS) is 10.7. The van der Waals surface area contributed by atoms with Crippen molar-refractivity contribution in [1.29, 1.82) is 0 Å². The Labute approximate surface area is 147 Å². The van der Waals surface area contributed by atoms with E-state index in [9.17, 15) is 0 Å². The lowest BCUT2D eigenvalue weighted by molar-refractivity contribution is 0.924. The molecule has 1 aromatic carbocycles. The largest absolute Gasteiger partial charge is 0.370 e. The number of nitrogens with zero attached hydrogens (tertiary/aromatic N) is 2. The Bertz CT molecular complexity index is 726. The maximum atomic E-state index is 6.33. The molecule has 0 aliphatic carbocycles. The van der Waals surface area contributed by atoms with E-state index in [-0.39, 0.29) is 0 Å². The van der Waals surface area contributed by atoms with Crippen molar-refractivity contribution < 1.29 is 0 Å². The number of hydrogen-bond donors (Lipinski definition) is 1. The summed E-state index contributed by atoms with van der Waals surface area (Å²) in [6.07, 6.45) is 1.49. The Kier molecular flexibility index (Phi) is 6.03. The van der Waals surface area contributed by atoms with Crippen LogP contribution in [-0.2, 0) is 12.8 Å². The molecule has 122 valence electrons. The Morgan fingerprint density at radius 3 is 2.52 bits per heavy atom. The zero-order valence-corrected chi connectivity index (χ0v) is 15.2. The molecule has 2 aromatic rings. The van der Waals surface area contributed by atoms with Crippen LogP contribution in [-0.4, -0.2) is 16.5 Å². The van der Waals surface area contributed by atoms with Crippen molar-refractivity contribution in [2.24, 2.45) is 0 Å². The third kappa shape index (κ3) is 4.24. The zero-order chi connectivity index (χ0) is 17.0. The number of hydrogen-bond acceptors (Lipinski definition) is 3. The van der Waals surface area contributed by atoms with Gasteiger partial charge >= 0.3 is 0 Å². The number of halogens is 2. The van der Waals surface area contributed by atoms with Crippen LogP contribution in [0.25, 0.3) is 5.57 Å². The lowest BCUT2D eigenvalue weighted by Gasteiger charge is -2.16. The van der Waals surface area contributed by atoms with E-state index in [1.807, 2.05) is 26.0 Å². The Morgan fingerprint density at radius 1 is 1.22 bits per heavy atom. The summed E-state index contributed by atoms with van der Waals surface area (Å²) in [5, 5.41) is 4.63. The summed E-state index contributed by atoms with van der Waals surface area (Å²) >= 11 is 12.3. The molecule has 0 unspecified atom stereocenters. The molecule has 2 rings (SSSR count). The Balaban J connectivity index is 2.52. The van der Waals surface area contributed by atoms with Gasteiger partial charge in [0.15, 0.2) is 5.82 Å². The predicted octanol–water partition coefficient (Wildman–Crippen LogP) is 5.40. The number of aromatic nitrogens is 2. The van der Waals surface area contributed by atoms with Crippen molar-refractivity contribution in [2.45, 2.75) is 33.6 Å². The summed E-state index contributed by atoms with van der Waals surface area (Å²) in [6, 6.07) is 5.57. The standard InChI is InChI=1S/C18H21Cl2N3/c1-5-16-14(9-12-7-8-13(19)10-15(12)20)18(21-6-2)23-17(22-16)11(3)4/h7-8,10H,3,5-6,9H2,1-2,4H3,(H,21,22,23). The molecule has 1 heterocycles. The zero-order valence-electron chi connectivity index (χ0n) is 13.7. The summed E-state index contributed by atoms with van der Waals surface area (Å²) in [5.74, 6) is 1.53. The van der Waals surface area contributed by atoms with Gasteiger partial charge in [-0.2, -0.15) is 0 Å². The van der Waals surface area contributed by atoms with Crippen LogP contribution < -0.4 is 5.32 Å². The fourth-order valence-corrected chi connectivity index (χ4v) is 2.84. The monoisotopic (exact) mass is 349 g/mol. The average molecular weight is 350 g/mol. The van der Waals surface area contributed by atoms with Crippen LogP contribution in [0.4, 0.5) is 5.82 Å². The van der Waals surface area contributed by atoms with Gasteiger partial charge in [0.1, 0.15) is 5.82 Å². The minimum Gasteiger partial charge on any atom is -0.370 e. The van der Waals surface area contributed by atoms with E-state index >= 15 is 0 Å². The van der Waals surface area contributed by atoms with Crippen LogP contribution >= 0.6 is 23.2 Å². The van der Waals surface area contributed by atoms with Crippen molar-refractivity contribution >= 4 is 34.6 Å². The lowest BCUT2D eigenvalue weighted by atomic mass is 10.0. The van der Waals surface area contributed by atoms with Crippen LogP contribution in [0.15, 0.2) is 24.8 Å². The van der Waals surface area contributed by atoms with Gasteiger partial charge < -0.3 is 5.32 Å². The molecule has 3 nitrogen and oxygen atoms in total. The first-order valence-corrected chi connectivity index (χ1v) is 8.45. The maximum Gasteiger partial charge on any atom is 0.156 e. The molecule has 0 saturated carbocycles. The topological polar surface area (TPSA) is 37.8 Å². The van der Waals surface area contributed by atoms with E-state index in [1.54, 1.807) is 6.07 Å². The van der Waals surface area contributed by atoms with Crippen LogP contribution in [0, 0.1) is 0 Å². The van der Waals surface area contributed by atoms with Gasteiger partial charge in [-0.1, -0.05) is 42.8 Å². The Morgan fingerprint density at radius 2 is 1.96 bits per heavy atom. The van der Waals surface area contributed by atoms with E-state index in [2.05, 4.69) is 28.8 Å². The molecule has 0 bridgehead atoms. The highest BCUT2D eigenvalue weighted by Crippen LogP contribution is 2.28. The second-order valence-corrected chi connectivity index (χ2v) is 6.24. The number of nitrogens with one attached hydrogen (secondary N) is 1. The number of anilines is 1. The van der Waals surface area contributed by atoms with Crippen molar-refractivity contribution in [3.8, 4) is 0 Å². The third-order valence-electron chi connectivity index (χ3n) is 3.54. The van der Waals surface area contributed by atoms with Gasteiger partial charge in [0.05, 0.1) is 0 Å². The molecule has 0 amide bonds. The summed E-state index contributed by atoms with van der Waals surface area (Å²) in [6.45, 7) is 10.8. The lowest BCUT2D eigenvalue weighted by Crippen LogP contribution is -2.11. The van der Waals surface area contributed by atoms with Gasteiger partial charge in [-0.3, -0.25) is 0 Å². The third-order valence-corrected chi connectivity index (χ3v) is 4.12. The van der Waals surface area contributed by atoms with E-state index in [0.29, 0.717) is 22.3 Å². The van der Waals surface area contributed by atoms with E-state index < -0.39 is 0 Å². The second-order valence-electron chi connectivity index (χ2n) is 5.40. The van der Waals surface area contributed by atoms with Crippen molar-refractivity contribution in [1.82, 2.24) is 9.97 Å². The highest BCUT2D eigenvalue weighted by atomic mass is 35.5. The van der Waals surface area contributed by atoms with E-state index in [1.165, 1.54) is 0 Å². The van der Waals surface area contributed by atoms with Gasteiger partial charge in [-0.15, -0.1) is 0 Å². The molecule has 0 spiro atoms. The van der Waals surface area contributed by atoms with Gasteiger partial charge in [-0.05, 0) is 43.5 Å². The minimum atomic E-state index is 0.634. The van der Waals surface area contributed by atoms with Gasteiger partial charge in [0.25, 0.3) is 0 Å². The molecule has 0 fully saturated rings. The highest BCUT2D eigenvalue weighted by Gasteiger charge is 2.15. The average Bonchev–Trinajstić information content (AvgIpc) is 2.51. The fourth-order valence-electron chi connectivity index (χ4n) is 2.37. The first-order chi connectivity index (χ1) is 11.0. The predicted molar refractivity (Wildman–Crippen MR) is 99.5 cm³/mol. The fraction of sp³-hybridized carbons (Fsp3) is 0.333. The van der Waals surface area contributed by atoms with Gasteiger partial charge in [-0.25, -0.2) is 9.97 Å². The molecule has 5 heteroatoms. The van der Waals surface area contributed by atoms with Crippen LogP contribution in [0.2, 0.25) is 10.0 Å². The molecule has 1 N–H and O–H groups in total. The quantitative estimate of drug-likeness (QED) is 0.758. The second kappa shape index (κ2) is 7.80. The van der Waals surface area contributed by atoms with Gasteiger partial charge in [0.2, 0.25) is 0 Å². The number of rotatable bonds is 6. The van der Waals surface area contributed by atoms with Crippen LogP contribution in [0.5, 0.6) is 0 Å². The van der Waals surface area contributed by atoms with Crippen LogP contribution in [0.1, 0.15) is 43.4 Å². The molecule has 0 aliphatic rings. The smallest absolute Gasteiger partial charge is 0.156 e. The molecule has 23 heavy (non-hydrogen) atoms.